The fraction of sp³-hybridized carbons (Fsp3) is 0.522. The first-order chi connectivity index (χ1) is 13.6. The van der Waals surface area contributed by atoms with Gasteiger partial charge in [0.15, 0.2) is 5.83 Å². The van der Waals surface area contributed by atoms with Crippen molar-refractivity contribution in [2.45, 2.75) is 63.4 Å². The minimum atomic E-state index is -0.723. The highest BCUT2D eigenvalue weighted by atomic mass is 19.1. The Kier molecular flexibility index (Phi) is 6.82. The van der Waals surface area contributed by atoms with Gasteiger partial charge in [0, 0.05) is 0 Å². The first kappa shape index (κ1) is 20.1. The number of halogens is 1. The van der Waals surface area contributed by atoms with E-state index >= 15 is 0 Å². The second-order valence-electron chi connectivity index (χ2n) is 7.88. The average Bonchev–Trinajstić information content (AvgIpc) is 2.75. The first-order valence-corrected chi connectivity index (χ1v) is 10.1. The predicted octanol–water partition coefficient (Wildman–Crippen LogP) is 5.31. The van der Waals surface area contributed by atoms with Crippen molar-refractivity contribution in [1.82, 2.24) is 0 Å². The van der Waals surface area contributed by atoms with Crippen molar-refractivity contribution >= 4 is 5.97 Å². The summed E-state index contributed by atoms with van der Waals surface area (Å²) in [4.78, 5) is 12.5. The Morgan fingerprint density at radius 3 is 2.21 bits per heavy atom. The Morgan fingerprint density at radius 2 is 1.64 bits per heavy atom. The van der Waals surface area contributed by atoms with Crippen LogP contribution >= 0.6 is 0 Å². The van der Waals surface area contributed by atoms with Crippen molar-refractivity contribution in [3.05, 3.63) is 47.3 Å². The van der Waals surface area contributed by atoms with Gasteiger partial charge in [-0.15, -0.1) is 0 Å². The third-order valence-electron chi connectivity index (χ3n) is 6.06. The van der Waals surface area contributed by atoms with Gasteiger partial charge in [-0.2, -0.15) is 14.9 Å². The molecule has 3 rings (SSSR count). The van der Waals surface area contributed by atoms with E-state index in [-0.39, 0.29) is 23.9 Å². The number of carbonyl (C=O) groups excluding carboxylic acids is 1. The minimum Gasteiger partial charge on any atom is -0.462 e. The molecule has 1 aromatic rings. The van der Waals surface area contributed by atoms with E-state index in [0.29, 0.717) is 11.5 Å². The maximum Gasteiger partial charge on any atom is 0.309 e. The lowest BCUT2D eigenvalue weighted by atomic mass is 9.78. The highest BCUT2D eigenvalue weighted by Crippen LogP contribution is 2.37. The summed E-state index contributed by atoms with van der Waals surface area (Å²) in [6.45, 7) is 0. The smallest absolute Gasteiger partial charge is 0.309 e. The summed E-state index contributed by atoms with van der Waals surface area (Å²) in [5.74, 6) is -0.352. The van der Waals surface area contributed by atoms with Gasteiger partial charge in [-0.3, -0.25) is 4.79 Å². The topological polar surface area (TPSA) is 73.9 Å². The van der Waals surface area contributed by atoms with Gasteiger partial charge < -0.3 is 4.74 Å². The number of hydrogen-bond acceptors (Lipinski definition) is 4. The van der Waals surface area contributed by atoms with E-state index in [1.54, 1.807) is 0 Å². The van der Waals surface area contributed by atoms with Crippen LogP contribution in [-0.4, -0.2) is 12.1 Å². The van der Waals surface area contributed by atoms with E-state index in [0.717, 1.165) is 51.4 Å². The Morgan fingerprint density at radius 1 is 1.00 bits per heavy atom. The van der Waals surface area contributed by atoms with E-state index in [1.807, 2.05) is 24.3 Å². The van der Waals surface area contributed by atoms with Crippen LogP contribution in [0.25, 0.3) is 0 Å². The van der Waals surface area contributed by atoms with Crippen LogP contribution in [0.4, 0.5) is 4.39 Å². The van der Waals surface area contributed by atoms with Crippen molar-refractivity contribution in [3.63, 3.8) is 0 Å². The molecule has 0 unspecified atom stereocenters. The largest absolute Gasteiger partial charge is 0.462 e. The summed E-state index contributed by atoms with van der Waals surface area (Å²) < 4.78 is 18.8. The standard InChI is InChI=1S/C23H25FN2O2/c24-21(15-26)13-16-3-11-22(12-4-16)28-23(27)20-9-7-19(8-10-20)18-5-1-17(14-25)2-6-18/h1-2,5-6,13,16,19-20,22H,3-4,7-12H2/t16-,19-,20-,22-. The van der Waals surface area contributed by atoms with Gasteiger partial charge in [-0.05, 0) is 87.0 Å². The van der Waals surface area contributed by atoms with Crippen molar-refractivity contribution in [2.24, 2.45) is 11.8 Å². The maximum absolute atomic E-state index is 13.1. The molecular formula is C23H25FN2O2. The molecule has 5 heteroatoms. The lowest BCUT2D eigenvalue weighted by Crippen LogP contribution is -2.29. The molecule has 2 fully saturated rings. The molecule has 0 saturated heterocycles. The van der Waals surface area contributed by atoms with Gasteiger partial charge >= 0.3 is 5.97 Å². The number of esters is 1. The fourth-order valence-electron chi connectivity index (χ4n) is 4.37. The second-order valence-corrected chi connectivity index (χ2v) is 7.88. The molecular weight excluding hydrogens is 355 g/mol. The molecule has 0 atom stereocenters. The molecule has 0 spiro atoms. The quantitative estimate of drug-likeness (QED) is 0.524. The van der Waals surface area contributed by atoms with Gasteiger partial charge in [0.2, 0.25) is 0 Å². The summed E-state index contributed by atoms with van der Waals surface area (Å²) in [7, 11) is 0. The lowest BCUT2D eigenvalue weighted by molar-refractivity contribution is -0.157. The molecule has 0 heterocycles. The lowest BCUT2D eigenvalue weighted by Gasteiger charge is -2.31. The van der Waals surface area contributed by atoms with Crippen LogP contribution in [0.5, 0.6) is 0 Å². The van der Waals surface area contributed by atoms with Crippen LogP contribution in [0.15, 0.2) is 36.2 Å². The van der Waals surface area contributed by atoms with E-state index in [1.165, 1.54) is 17.7 Å². The van der Waals surface area contributed by atoms with E-state index in [2.05, 4.69) is 6.07 Å². The molecule has 0 amide bonds. The number of allylic oxidation sites excluding steroid dienone is 2. The highest BCUT2D eigenvalue weighted by Gasteiger charge is 2.31. The van der Waals surface area contributed by atoms with Gasteiger partial charge in [0.25, 0.3) is 0 Å². The number of nitrogens with zero attached hydrogens (tertiary/aromatic N) is 2. The molecule has 0 aliphatic heterocycles. The molecule has 28 heavy (non-hydrogen) atoms. The summed E-state index contributed by atoms with van der Waals surface area (Å²) in [6, 6.07) is 11.4. The highest BCUT2D eigenvalue weighted by molar-refractivity contribution is 5.72. The maximum atomic E-state index is 13.1. The fourth-order valence-corrected chi connectivity index (χ4v) is 4.37. The average molecular weight is 380 g/mol. The summed E-state index contributed by atoms with van der Waals surface area (Å²) in [5, 5.41) is 17.4. The zero-order valence-corrected chi connectivity index (χ0v) is 15.9. The van der Waals surface area contributed by atoms with Crippen LogP contribution in [0.3, 0.4) is 0 Å². The second kappa shape index (κ2) is 9.51. The summed E-state index contributed by atoms with van der Waals surface area (Å²) in [5.41, 5.74) is 1.91. The van der Waals surface area contributed by atoms with Crippen molar-refractivity contribution < 1.29 is 13.9 Å². The van der Waals surface area contributed by atoms with Crippen LogP contribution in [0.2, 0.25) is 0 Å². The summed E-state index contributed by atoms with van der Waals surface area (Å²) in [6.07, 6.45) is 7.83. The molecule has 0 N–H and O–H groups in total. The number of carbonyl (C=O) groups is 1. The molecule has 0 bridgehead atoms. The van der Waals surface area contributed by atoms with Crippen molar-refractivity contribution in [2.75, 3.05) is 0 Å². The molecule has 0 aromatic heterocycles. The Bertz CT molecular complexity index is 787. The molecule has 146 valence electrons. The first-order valence-electron chi connectivity index (χ1n) is 10.1. The van der Waals surface area contributed by atoms with E-state index < -0.39 is 5.83 Å². The summed E-state index contributed by atoms with van der Waals surface area (Å²) >= 11 is 0. The van der Waals surface area contributed by atoms with Gasteiger partial charge in [-0.1, -0.05) is 12.1 Å². The number of benzene rings is 1. The predicted molar refractivity (Wildman–Crippen MR) is 102 cm³/mol. The number of ether oxygens (including phenoxy) is 1. The zero-order chi connectivity index (χ0) is 19.9. The normalized spacial score (nSPS) is 28.0. The monoisotopic (exact) mass is 380 g/mol. The number of rotatable bonds is 4. The van der Waals surface area contributed by atoms with Crippen LogP contribution in [-0.2, 0) is 9.53 Å². The van der Waals surface area contributed by atoms with Crippen LogP contribution < -0.4 is 0 Å². The van der Waals surface area contributed by atoms with Gasteiger partial charge in [-0.25, -0.2) is 0 Å². The third-order valence-corrected chi connectivity index (χ3v) is 6.06. The SMILES string of the molecule is N#CC(F)=C[C@H]1CC[C@H](OC(=O)[C@H]2CC[C@H](c3ccc(C#N)cc3)CC2)CC1. The molecule has 2 aliphatic carbocycles. The Hall–Kier alpha value is -2.66. The molecule has 2 aliphatic rings. The Balaban J connectivity index is 1.43. The van der Waals surface area contributed by atoms with E-state index in [4.69, 9.17) is 15.3 Å². The van der Waals surface area contributed by atoms with Crippen molar-refractivity contribution in [1.29, 1.82) is 10.5 Å². The Labute approximate surface area is 165 Å². The third kappa shape index (κ3) is 5.20. The molecule has 0 radical (unpaired) electrons. The number of hydrogen-bond donors (Lipinski definition) is 0. The minimum absolute atomic E-state index is 0.0386. The van der Waals surface area contributed by atoms with E-state index in [9.17, 15) is 9.18 Å². The van der Waals surface area contributed by atoms with Crippen molar-refractivity contribution in [3.8, 4) is 12.1 Å². The molecule has 2 saturated carbocycles. The van der Waals surface area contributed by atoms with Crippen LogP contribution in [0.1, 0.15) is 68.4 Å². The van der Waals surface area contributed by atoms with Gasteiger partial charge in [0.1, 0.15) is 12.2 Å². The zero-order valence-electron chi connectivity index (χ0n) is 15.9. The van der Waals surface area contributed by atoms with Crippen LogP contribution in [0, 0.1) is 34.5 Å². The van der Waals surface area contributed by atoms with Gasteiger partial charge in [0.05, 0.1) is 17.6 Å². The number of nitriles is 2. The molecule has 4 nitrogen and oxygen atoms in total. The molecule has 1 aromatic carbocycles.